The second kappa shape index (κ2) is 13.1. The summed E-state index contributed by atoms with van der Waals surface area (Å²) < 4.78 is 37.4. The van der Waals surface area contributed by atoms with Gasteiger partial charge in [-0.2, -0.15) is 4.31 Å². The highest BCUT2D eigenvalue weighted by atomic mass is 35.5. The van der Waals surface area contributed by atoms with Crippen molar-refractivity contribution in [2.75, 3.05) is 33.4 Å². The molecule has 3 aromatic rings. The molecule has 6 rings (SSSR count). The molecule has 0 bridgehead atoms. The van der Waals surface area contributed by atoms with Crippen LogP contribution in [0.25, 0.3) is 0 Å². The molecular weight excluding hydrogens is 621 g/mol. The summed E-state index contributed by atoms with van der Waals surface area (Å²) in [5.74, 6) is -0.101. The van der Waals surface area contributed by atoms with Gasteiger partial charge in [0.1, 0.15) is 11.5 Å². The lowest BCUT2D eigenvalue weighted by Crippen LogP contribution is -2.48. The van der Waals surface area contributed by atoms with Crippen LogP contribution in [-0.4, -0.2) is 83.4 Å². The highest BCUT2D eigenvalue weighted by Gasteiger charge is 2.39. The number of rotatable bonds is 8. The number of sulfonamides is 1. The molecule has 2 aromatic heterocycles. The Morgan fingerprint density at radius 1 is 1.11 bits per heavy atom. The zero-order valence-corrected chi connectivity index (χ0v) is 27.5. The van der Waals surface area contributed by atoms with Gasteiger partial charge >= 0.3 is 0 Å². The van der Waals surface area contributed by atoms with Crippen LogP contribution < -0.4 is 0 Å². The second-order valence-electron chi connectivity index (χ2n) is 12.1. The summed E-state index contributed by atoms with van der Waals surface area (Å²) in [6.07, 6.45) is 10.9. The zero-order chi connectivity index (χ0) is 31.0. The Labute approximate surface area is 269 Å². The molecule has 0 N–H and O–H groups in total. The lowest BCUT2D eigenvalue weighted by molar-refractivity contribution is -0.138. The molecule has 4 heterocycles. The number of halogens is 2. The smallest absolute Gasteiger partial charge is 0.248 e. The quantitative estimate of drug-likeness (QED) is 0.335. The number of ether oxygens (including phenoxy) is 1. The number of benzene rings is 1. The van der Waals surface area contributed by atoms with Crippen molar-refractivity contribution in [1.29, 1.82) is 0 Å². The van der Waals surface area contributed by atoms with E-state index in [4.69, 9.17) is 27.9 Å². The number of carbonyl (C=O) groups is 1. The Morgan fingerprint density at radius 3 is 2.80 bits per heavy atom. The maximum Gasteiger partial charge on any atom is 0.248 e. The molecule has 1 aromatic carbocycles. The Hall–Kier alpha value is -2.47. The first-order valence-corrected chi connectivity index (χ1v) is 17.5. The molecule has 2 aliphatic heterocycles. The van der Waals surface area contributed by atoms with Gasteiger partial charge in [0.15, 0.2) is 0 Å². The minimum absolute atomic E-state index is 0.0270. The standard InChI is InChI=1S/C32H39Cl2N5O4S/c1-22-8-9-27(33)32(31(22)34)44(41,42)39-16-15-37-13-4-7-28(37)29(39)20-43-21-30(40)36(2)25-5-3-6-26(17-25)38-14-11-23-18-35-12-10-24(23)19-38/h4,7-10,12-13,18,25-26,29H,3,5-6,11,14-17,19-21H2,1-2H3/t25-,26+,29?/m1/s1. The maximum absolute atomic E-state index is 14.0. The summed E-state index contributed by atoms with van der Waals surface area (Å²) in [4.78, 5) is 21.9. The van der Waals surface area contributed by atoms with Crippen molar-refractivity contribution < 1.29 is 17.9 Å². The summed E-state index contributed by atoms with van der Waals surface area (Å²) in [6.45, 7) is 4.31. The van der Waals surface area contributed by atoms with Crippen LogP contribution >= 0.6 is 23.2 Å². The van der Waals surface area contributed by atoms with Crippen molar-refractivity contribution in [2.45, 2.75) is 75.1 Å². The topological polar surface area (TPSA) is 88.0 Å². The summed E-state index contributed by atoms with van der Waals surface area (Å²) in [5, 5.41) is 0.195. The number of hydrogen-bond donors (Lipinski definition) is 0. The first-order valence-electron chi connectivity index (χ1n) is 15.3. The van der Waals surface area contributed by atoms with Crippen LogP contribution in [0.15, 0.2) is 53.8 Å². The molecule has 3 atom stereocenters. The molecule has 3 aliphatic rings. The number of aromatic nitrogens is 2. The normalized spacial score (nSPS) is 22.8. The van der Waals surface area contributed by atoms with E-state index in [0.717, 1.165) is 50.9 Å². The predicted molar refractivity (Wildman–Crippen MR) is 170 cm³/mol. The Morgan fingerprint density at radius 2 is 1.95 bits per heavy atom. The average molecular weight is 661 g/mol. The minimum atomic E-state index is -4.06. The number of likely N-dealkylation sites (N-methyl/N-ethyl adjacent to an activating group) is 1. The number of pyridine rings is 1. The SMILES string of the molecule is Cc1ccc(Cl)c(S(=O)(=O)N2CCn3cccc3C2COCC(=O)N(C)[C@@H]2CCC[C@H](N3CCc4cnccc4C3)C2)c1Cl. The monoisotopic (exact) mass is 659 g/mol. The second-order valence-corrected chi connectivity index (χ2v) is 14.7. The van der Waals surface area contributed by atoms with Gasteiger partial charge in [-0.25, -0.2) is 8.42 Å². The van der Waals surface area contributed by atoms with E-state index in [1.807, 2.05) is 47.2 Å². The molecule has 1 saturated carbocycles. The van der Waals surface area contributed by atoms with Gasteiger partial charge < -0.3 is 14.2 Å². The van der Waals surface area contributed by atoms with Crippen LogP contribution in [0.2, 0.25) is 10.0 Å². The predicted octanol–water partition coefficient (Wildman–Crippen LogP) is 5.09. The van der Waals surface area contributed by atoms with Crippen molar-refractivity contribution in [3.8, 4) is 0 Å². The third-order valence-electron chi connectivity index (χ3n) is 9.55. The zero-order valence-electron chi connectivity index (χ0n) is 25.2. The number of amides is 1. The largest absolute Gasteiger partial charge is 0.370 e. The molecule has 0 saturated heterocycles. The number of nitrogens with zero attached hydrogens (tertiary/aromatic N) is 5. The number of hydrogen-bond acceptors (Lipinski definition) is 6. The van der Waals surface area contributed by atoms with E-state index in [1.54, 1.807) is 19.1 Å². The maximum atomic E-state index is 14.0. The third kappa shape index (κ3) is 6.17. The van der Waals surface area contributed by atoms with Crippen LogP contribution in [-0.2, 0) is 39.1 Å². The number of carbonyl (C=O) groups excluding carboxylic acids is 1. The van der Waals surface area contributed by atoms with Crippen LogP contribution in [0, 0.1) is 6.92 Å². The van der Waals surface area contributed by atoms with Crippen LogP contribution in [0.5, 0.6) is 0 Å². The van der Waals surface area contributed by atoms with Gasteiger partial charge in [-0.05, 0) is 80.0 Å². The molecule has 12 heteroatoms. The third-order valence-corrected chi connectivity index (χ3v) is 12.6. The molecular formula is C32H39Cl2N5O4S. The molecule has 1 fully saturated rings. The van der Waals surface area contributed by atoms with Crippen LogP contribution in [0.1, 0.15) is 54.1 Å². The number of fused-ring (bicyclic) bond motifs is 2. The lowest BCUT2D eigenvalue weighted by atomic mass is 9.87. The average Bonchev–Trinajstić information content (AvgIpc) is 3.52. The van der Waals surface area contributed by atoms with E-state index in [9.17, 15) is 13.2 Å². The van der Waals surface area contributed by atoms with Gasteiger partial charge in [-0.3, -0.25) is 14.7 Å². The van der Waals surface area contributed by atoms with Gasteiger partial charge in [0.25, 0.3) is 0 Å². The first-order chi connectivity index (χ1) is 21.1. The van der Waals surface area contributed by atoms with E-state index in [0.29, 0.717) is 18.2 Å². The summed E-state index contributed by atoms with van der Waals surface area (Å²) >= 11 is 12.9. The van der Waals surface area contributed by atoms with Gasteiger partial charge in [-0.1, -0.05) is 29.3 Å². The van der Waals surface area contributed by atoms with Gasteiger partial charge in [0, 0.05) is 69.6 Å². The summed E-state index contributed by atoms with van der Waals surface area (Å²) in [6, 6.07) is 9.09. The van der Waals surface area contributed by atoms with Crippen molar-refractivity contribution in [2.24, 2.45) is 0 Å². The van der Waals surface area contributed by atoms with E-state index in [2.05, 4.69) is 16.0 Å². The summed E-state index contributed by atoms with van der Waals surface area (Å²) in [5.41, 5.74) is 4.11. The van der Waals surface area contributed by atoms with Crippen molar-refractivity contribution in [3.05, 3.63) is 81.4 Å². The van der Waals surface area contributed by atoms with Crippen LogP contribution in [0.4, 0.5) is 0 Å². The molecule has 1 amide bonds. The summed E-state index contributed by atoms with van der Waals surface area (Å²) in [7, 11) is -2.20. The van der Waals surface area contributed by atoms with Crippen LogP contribution in [0.3, 0.4) is 0 Å². The Bertz CT molecular complexity index is 1630. The highest BCUT2D eigenvalue weighted by molar-refractivity contribution is 7.89. The molecule has 1 unspecified atom stereocenters. The lowest BCUT2D eigenvalue weighted by Gasteiger charge is -2.42. The van der Waals surface area contributed by atoms with E-state index < -0.39 is 16.1 Å². The van der Waals surface area contributed by atoms with Crippen molar-refractivity contribution >= 4 is 39.1 Å². The molecule has 1 aliphatic carbocycles. The molecule has 44 heavy (non-hydrogen) atoms. The first kappa shape index (κ1) is 31.5. The van der Waals surface area contributed by atoms with E-state index in [1.165, 1.54) is 15.4 Å². The fourth-order valence-corrected chi connectivity index (χ4v) is 9.70. The number of aryl methyl sites for hydroxylation is 1. The Kier molecular flexibility index (Phi) is 9.38. The molecule has 0 radical (unpaired) electrons. The van der Waals surface area contributed by atoms with Gasteiger partial charge in [0.2, 0.25) is 15.9 Å². The highest BCUT2D eigenvalue weighted by Crippen LogP contribution is 2.39. The van der Waals surface area contributed by atoms with E-state index in [-0.39, 0.29) is 46.6 Å². The molecule has 236 valence electrons. The van der Waals surface area contributed by atoms with Crippen molar-refractivity contribution in [1.82, 2.24) is 23.7 Å². The van der Waals surface area contributed by atoms with Gasteiger partial charge in [-0.15, -0.1) is 0 Å². The Balaban J connectivity index is 1.10. The molecule has 0 spiro atoms. The molecule has 9 nitrogen and oxygen atoms in total. The van der Waals surface area contributed by atoms with Crippen molar-refractivity contribution in [3.63, 3.8) is 0 Å². The fourth-order valence-electron chi connectivity index (χ4n) is 6.98. The minimum Gasteiger partial charge on any atom is -0.370 e. The fraction of sp³-hybridized carbons (Fsp3) is 0.500. The van der Waals surface area contributed by atoms with E-state index >= 15 is 0 Å². The van der Waals surface area contributed by atoms with Gasteiger partial charge in [0.05, 0.1) is 22.7 Å².